The molecule has 0 amide bonds. The minimum Gasteiger partial charge on any atom is -0.369 e. The van der Waals surface area contributed by atoms with Gasteiger partial charge in [0, 0.05) is 12.1 Å². The van der Waals surface area contributed by atoms with Crippen molar-refractivity contribution in [2.75, 3.05) is 6.54 Å². The lowest BCUT2D eigenvalue weighted by atomic mass is 10.1. The fraction of sp³-hybridized carbons (Fsp3) is 0.471. The molecule has 0 aliphatic carbocycles. The smallest absolute Gasteiger partial charge is 0.199 e. The third kappa shape index (κ3) is 11.1. The second kappa shape index (κ2) is 14.0. The van der Waals surface area contributed by atoms with Crippen LogP contribution in [-0.4, -0.2) is 30.7 Å². The number of allylic oxidation sites excluding steroid dienone is 3. The second-order valence-corrected chi connectivity index (χ2v) is 5.07. The Morgan fingerprint density at radius 2 is 2.17 bits per heavy atom. The van der Waals surface area contributed by atoms with Gasteiger partial charge >= 0.3 is 0 Å². The quantitative estimate of drug-likeness (QED) is 0.115. The van der Waals surface area contributed by atoms with Crippen LogP contribution in [0.2, 0.25) is 0 Å². The monoisotopic (exact) mass is 333 g/mol. The van der Waals surface area contributed by atoms with Crippen LogP contribution < -0.4 is 11.1 Å². The first-order valence-electron chi connectivity index (χ1n) is 7.96. The van der Waals surface area contributed by atoms with Gasteiger partial charge in [-0.1, -0.05) is 43.7 Å². The van der Waals surface area contributed by atoms with E-state index < -0.39 is 0 Å². The van der Waals surface area contributed by atoms with Gasteiger partial charge in [0.2, 0.25) is 0 Å². The van der Waals surface area contributed by atoms with Crippen LogP contribution in [0.3, 0.4) is 0 Å². The molecule has 0 spiro atoms. The molecular weight excluding hydrogens is 306 g/mol. The maximum atomic E-state index is 10.6. The molecule has 1 atom stereocenters. The molecule has 0 radical (unpaired) electrons. The van der Waals surface area contributed by atoms with Gasteiger partial charge < -0.3 is 11.1 Å². The molecule has 0 fully saturated rings. The number of aldehydes is 1. The Morgan fingerprint density at radius 3 is 2.75 bits per heavy atom. The van der Waals surface area contributed by atoms with Gasteiger partial charge in [-0.15, -0.1) is 0 Å². The fourth-order valence-electron chi connectivity index (χ4n) is 1.81. The van der Waals surface area contributed by atoms with Gasteiger partial charge in [0.1, 0.15) is 18.7 Å². The molecule has 7 heteroatoms. The highest BCUT2D eigenvalue weighted by atomic mass is 16.3. The Labute approximate surface area is 143 Å². The summed E-state index contributed by atoms with van der Waals surface area (Å²) in [5.74, 6) is 0.627. The highest BCUT2D eigenvalue weighted by molar-refractivity contribution is 5.96. The minimum absolute atomic E-state index is 0.118. The molecule has 3 N–H and O–H groups in total. The first kappa shape index (κ1) is 21.4. The average molecular weight is 333 g/mol. The molecule has 0 aliphatic rings. The summed E-state index contributed by atoms with van der Waals surface area (Å²) in [5, 5.41) is 5.72. The van der Waals surface area contributed by atoms with Crippen LogP contribution in [0.25, 0.3) is 0 Å². The van der Waals surface area contributed by atoms with Gasteiger partial charge in [-0.2, -0.15) is 9.90 Å². The average Bonchev–Trinajstić information content (AvgIpc) is 2.55. The maximum Gasteiger partial charge on any atom is 0.199 e. The van der Waals surface area contributed by atoms with Gasteiger partial charge in [-0.3, -0.25) is 9.79 Å². The lowest BCUT2D eigenvalue weighted by Crippen LogP contribution is -2.31. The molecule has 0 unspecified atom stereocenters. The number of nitrogens with two attached hydrogens (primary N) is 1. The molecule has 0 aliphatic heterocycles. The summed E-state index contributed by atoms with van der Waals surface area (Å²) in [6.45, 7) is 7.80. The molecule has 0 rings (SSSR count). The zero-order valence-corrected chi connectivity index (χ0v) is 14.4. The normalized spacial score (nSPS) is 14.1. The van der Waals surface area contributed by atoms with Crippen LogP contribution in [0.5, 0.6) is 0 Å². The Balaban J connectivity index is 5.18. The van der Waals surface area contributed by atoms with E-state index in [1.54, 1.807) is 0 Å². The lowest BCUT2D eigenvalue weighted by Gasteiger charge is -2.10. The first-order valence-corrected chi connectivity index (χ1v) is 7.96. The predicted molar refractivity (Wildman–Crippen MR) is 99.9 cm³/mol. The van der Waals surface area contributed by atoms with E-state index in [-0.39, 0.29) is 18.5 Å². The summed E-state index contributed by atoms with van der Waals surface area (Å²) < 4.78 is 0. The Kier molecular flexibility index (Phi) is 12.5. The minimum atomic E-state index is -0.197. The zero-order chi connectivity index (χ0) is 18.2. The number of rotatable bonds is 11. The molecule has 0 saturated heterocycles. The summed E-state index contributed by atoms with van der Waals surface area (Å²) in [4.78, 5) is 29.6. The number of hydrogen-bond donors (Lipinski definition) is 2. The SMILES string of the molecule is C=C(/C=C/C=O)NC(N)=NC(C/C=C\C)=N[C@H](CCCC)CN=O. The summed E-state index contributed by atoms with van der Waals surface area (Å²) in [7, 11) is 0. The Hall–Kier alpha value is -2.57. The number of nitroso groups, excluding NO2 is 1. The summed E-state index contributed by atoms with van der Waals surface area (Å²) in [6.07, 6.45) is 10.5. The summed E-state index contributed by atoms with van der Waals surface area (Å²) in [6, 6.07) is -0.197. The standard InChI is InChI=1S/C17H27N5O2/c1-4-6-10-15(13-19-24)21-16(11-7-5-2)22-17(18)20-14(3)9-8-12-23/h5,7-9,12,15H,3-4,6,10-11,13H2,1-2H3,(H3,18,20,21,22)/b7-5-,9-8+/t15-/m1/s1. The molecule has 0 aromatic heterocycles. The topological polar surface area (TPSA) is 109 Å². The molecule has 0 heterocycles. The van der Waals surface area contributed by atoms with E-state index in [2.05, 4.69) is 34.0 Å². The van der Waals surface area contributed by atoms with Crippen molar-refractivity contribution < 1.29 is 4.79 Å². The number of amidine groups is 1. The van der Waals surface area contributed by atoms with Crippen LogP contribution in [0, 0.1) is 4.91 Å². The third-order valence-electron chi connectivity index (χ3n) is 2.96. The second-order valence-electron chi connectivity index (χ2n) is 5.07. The largest absolute Gasteiger partial charge is 0.369 e. The molecule has 0 aromatic rings. The van der Waals surface area contributed by atoms with E-state index in [9.17, 15) is 9.70 Å². The van der Waals surface area contributed by atoms with Crippen molar-refractivity contribution >= 4 is 18.1 Å². The van der Waals surface area contributed by atoms with Gasteiger partial charge in [0.05, 0.1) is 6.04 Å². The number of carbonyl (C=O) groups excluding carboxylic acids is 1. The highest BCUT2D eigenvalue weighted by Gasteiger charge is 2.09. The van der Waals surface area contributed by atoms with E-state index in [1.165, 1.54) is 12.2 Å². The van der Waals surface area contributed by atoms with E-state index in [4.69, 9.17) is 5.73 Å². The van der Waals surface area contributed by atoms with Crippen molar-refractivity contribution in [3.63, 3.8) is 0 Å². The van der Waals surface area contributed by atoms with Gasteiger partial charge in [0.25, 0.3) is 0 Å². The van der Waals surface area contributed by atoms with Crippen molar-refractivity contribution in [1.82, 2.24) is 5.32 Å². The molecule has 0 bridgehead atoms. The molecule has 132 valence electrons. The molecule has 7 nitrogen and oxygen atoms in total. The highest BCUT2D eigenvalue weighted by Crippen LogP contribution is 2.08. The van der Waals surface area contributed by atoms with Crippen molar-refractivity contribution in [1.29, 1.82) is 0 Å². The third-order valence-corrected chi connectivity index (χ3v) is 2.96. The van der Waals surface area contributed by atoms with Crippen LogP contribution >= 0.6 is 0 Å². The first-order chi connectivity index (χ1) is 11.6. The van der Waals surface area contributed by atoms with Crippen LogP contribution in [-0.2, 0) is 4.79 Å². The molecule has 0 aromatic carbocycles. The van der Waals surface area contributed by atoms with Crippen molar-refractivity contribution in [2.24, 2.45) is 20.9 Å². The maximum absolute atomic E-state index is 10.6. The number of aliphatic imine (C=N–C) groups is 2. The van der Waals surface area contributed by atoms with E-state index in [0.717, 1.165) is 19.3 Å². The van der Waals surface area contributed by atoms with Crippen molar-refractivity contribution in [3.8, 4) is 0 Å². The van der Waals surface area contributed by atoms with E-state index in [0.29, 0.717) is 24.2 Å². The number of guanidine groups is 1. The summed E-state index contributed by atoms with van der Waals surface area (Å²) in [5.41, 5.74) is 6.27. The van der Waals surface area contributed by atoms with Crippen LogP contribution in [0.15, 0.2) is 51.7 Å². The molecular formula is C17H27N5O2. The molecule has 0 saturated carbocycles. The van der Waals surface area contributed by atoms with Gasteiger partial charge in [-0.25, -0.2) is 0 Å². The number of carbonyl (C=O) groups is 1. The number of nitrogens with one attached hydrogen (secondary N) is 1. The predicted octanol–water partition coefficient (Wildman–Crippen LogP) is 2.85. The Morgan fingerprint density at radius 1 is 1.42 bits per heavy atom. The number of unbranched alkanes of at least 4 members (excludes halogenated alkanes) is 1. The van der Waals surface area contributed by atoms with Crippen molar-refractivity contribution in [2.45, 2.75) is 45.6 Å². The summed E-state index contributed by atoms with van der Waals surface area (Å²) >= 11 is 0. The number of hydrogen-bond acceptors (Lipinski definition) is 4. The zero-order valence-electron chi connectivity index (χ0n) is 14.4. The van der Waals surface area contributed by atoms with Crippen LogP contribution in [0.4, 0.5) is 0 Å². The van der Waals surface area contributed by atoms with Gasteiger partial charge in [0.15, 0.2) is 5.96 Å². The molecule has 24 heavy (non-hydrogen) atoms. The van der Waals surface area contributed by atoms with Gasteiger partial charge in [-0.05, 0) is 25.5 Å². The van der Waals surface area contributed by atoms with E-state index >= 15 is 0 Å². The fourth-order valence-corrected chi connectivity index (χ4v) is 1.81. The lowest BCUT2D eigenvalue weighted by molar-refractivity contribution is -0.104. The van der Waals surface area contributed by atoms with E-state index in [1.807, 2.05) is 19.1 Å². The van der Waals surface area contributed by atoms with Crippen LogP contribution in [0.1, 0.15) is 39.5 Å². The Bertz CT molecular complexity index is 521. The van der Waals surface area contributed by atoms with Crippen molar-refractivity contribution in [3.05, 3.63) is 41.5 Å². The number of nitrogens with zero attached hydrogens (tertiary/aromatic N) is 3.